The molecule has 0 saturated carbocycles. The first kappa shape index (κ1) is 31.1. The van der Waals surface area contributed by atoms with Crippen LogP contribution in [0.5, 0.6) is 17.2 Å². The lowest BCUT2D eigenvalue weighted by Crippen LogP contribution is -2.61. The Hall–Kier alpha value is -3.31. The van der Waals surface area contributed by atoms with Crippen LogP contribution in [0.15, 0.2) is 51.9 Å². The third kappa shape index (κ3) is 6.06. The van der Waals surface area contributed by atoms with E-state index in [-0.39, 0.29) is 27.9 Å². The molecule has 2 aliphatic heterocycles. The van der Waals surface area contributed by atoms with Crippen LogP contribution in [0.25, 0.3) is 22.1 Å². The second-order valence-corrected chi connectivity index (χ2v) is 10.4. The summed E-state index contributed by atoms with van der Waals surface area (Å²) in [4.78, 5) is 13.3. The van der Waals surface area contributed by atoms with Gasteiger partial charge in [0.1, 0.15) is 60.3 Å². The average molecular weight is 607 g/mol. The van der Waals surface area contributed by atoms with Crippen LogP contribution >= 0.6 is 0 Å². The number of benzene rings is 2. The van der Waals surface area contributed by atoms with Gasteiger partial charge in [-0.05, 0) is 30.7 Å². The maximum absolute atomic E-state index is 13.3. The molecule has 3 heterocycles. The Morgan fingerprint density at radius 3 is 2.12 bits per heavy atom. The maximum Gasteiger partial charge on any atom is 0.229 e. The molecule has 2 saturated heterocycles. The topological polar surface area (TPSA) is 207 Å². The van der Waals surface area contributed by atoms with Gasteiger partial charge in [-0.25, -0.2) is 0 Å². The average Bonchev–Trinajstić information content (AvgIpc) is 3.02. The normalized spacial score (nSPS) is 32.9. The van der Waals surface area contributed by atoms with E-state index in [1.807, 2.05) is 0 Å². The fourth-order valence-corrected chi connectivity index (χ4v) is 4.98. The number of hydrogen-bond acceptors (Lipinski definition) is 14. The molecular formula is C29H34O14. The highest BCUT2D eigenvalue weighted by Gasteiger charge is 2.47. The van der Waals surface area contributed by atoms with Crippen LogP contribution in [0, 0.1) is 0 Å². The first-order valence-corrected chi connectivity index (χ1v) is 13.5. The Kier molecular flexibility index (Phi) is 9.22. The summed E-state index contributed by atoms with van der Waals surface area (Å²) in [6, 6.07) is 9.66. The van der Waals surface area contributed by atoms with Crippen LogP contribution < -0.4 is 19.6 Å². The van der Waals surface area contributed by atoms with Crippen molar-refractivity contribution in [1.29, 1.82) is 0 Å². The molecule has 0 amide bonds. The minimum absolute atomic E-state index is 0.000346. The number of rotatable bonds is 8. The van der Waals surface area contributed by atoms with Crippen molar-refractivity contribution in [2.75, 3.05) is 20.8 Å². The Balaban J connectivity index is 1.35. The highest BCUT2D eigenvalue weighted by Crippen LogP contribution is 2.35. The molecule has 10 atom stereocenters. The van der Waals surface area contributed by atoms with Gasteiger partial charge in [0.2, 0.25) is 11.7 Å². The molecule has 5 rings (SSSR count). The minimum atomic E-state index is -1.73. The lowest BCUT2D eigenvalue weighted by Gasteiger charge is -2.42. The zero-order valence-corrected chi connectivity index (χ0v) is 23.5. The first-order valence-electron chi connectivity index (χ1n) is 13.5. The highest BCUT2D eigenvalue weighted by atomic mass is 16.7. The second kappa shape index (κ2) is 12.7. The molecule has 0 bridgehead atoms. The molecule has 14 nitrogen and oxygen atoms in total. The summed E-state index contributed by atoms with van der Waals surface area (Å²) >= 11 is 0. The maximum atomic E-state index is 13.3. The monoisotopic (exact) mass is 606 g/mol. The Morgan fingerprint density at radius 2 is 1.44 bits per heavy atom. The summed E-state index contributed by atoms with van der Waals surface area (Å²) in [5.41, 5.74) is 0.726. The number of ether oxygens (including phenoxy) is 6. The quantitative estimate of drug-likeness (QED) is 0.191. The van der Waals surface area contributed by atoms with Crippen molar-refractivity contribution in [2.24, 2.45) is 0 Å². The molecular weight excluding hydrogens is 572 g/mol. The van der Waals surface area contributed by atoms with Gasteiger partial charge in [-0.3, -0.25) is 4.79 Å². The smallest absolute Gasteiger partial charge is 0.229 e. The lowest BCUT2D eigenvalue weighted by molar-refractivity contribution is -0.318. The zero-order valence-electron chi connectivity index (χ0n) is 23.5. The summed E-state index contributed by atoms with van der Waals surface area (Å²) in [5.74, 6) is 0.722. The second-order valence-electron chi connectivity index (χ2n) is 10.4. The van der Waals surface area contributed by atoms with Crippen LogP contribution in [0.4, 0.5) is 0 Å². The van der Waals surface area contributed by atoms with E-state index in [1.165, 1.54) is 39.5 Å². The summed E-state index contributed by atoms with van der Waals surface area (Å²) in [6.07, 6.45) is -13.3. The molecule has 0 radical (unpaired) electrons. The van der Waals surface area contributed by atoms with Crippen molar-refractivity contribution in [3.8, 4) is 28.4 Å². The Bertz CT molecular complexity index is 1460. The Labute approximate surface area is 245 Å². The third-order valence-electron chi connectivity index (χ3n) is 7.60. The predicted molar refractivity (Wildman–Crippen MR) is 147 cm³/mol. The van der Waals surface area contributed by atoms with E-state index < -0.39 is 68.0 Å². The zero-order chi connectivity index (χ0) is 31.0. The summed E-state index contributed by atoms with van der Waals surface area (Å²) < 4.78 is 38.7. The van der Waals surface area contributed by atoms with Crippen LogP contribution in [-0.4, -0.2) is 113 Å². The molecule has 2 aliphatic rings. The highest BCUT2D eigenvalue weighted by molar-refractivity contribution is 5.84. The molecule has 0 unspecified atom stereocenters. The van der Waals surface area contributed by atoms with Gasteiger partial charge in [0.05, 0.1) is 37.9 Å². The molecule has 0 aliphatic carbocycles. The number of methoxy groups -OCH3 is 2. The van der Waals surface area contributed by atoms with Crippen LogP contribution in [0.1, 0.15) is 6.92 Å². The van der Waals surface area contributed by atoms with E-state index in [9.17, 15) is 35.4 Å². The van der Waals surface area contributed by atoms with E-state index >= 15 is 0 Å². The molecule has 43 heavy (non-hydrogen) atoms. The first-order chi connectivity index (χ1) is 20.5. The SMILES string of the molecule is COc1ccc(-c2coc3cc(O[C@@H]4O[C@H](CO[C@@H]5O[C@H](C)[C@@H](O)[C@@H](O)[C@H]5O)[C@@H](O)[C@@H](O)[C@H]4O)c(OC)cc3c2=O)cc1. The van der Waals surface area contributed by atoms with E-state index in [0.717, 1.165) is 0 Å². The molecule has 6 N–H and O–H groups in total. The molecule has 0 spiro atoms. The minimum Gasteiger partial charge on any atom is -0.497 e. The number of fused-ring (bicyclic) bond motifs is 1. The standard InChI is InChI=1S/C29H34O14/c1-12-21(30)24(33)26(35)28(41-12)40-11-20-23(32)25(34)27(36)29(43-20)42-19-9-17-15(8-18(19)38-3)22(31)16(10-39-17)13-4-6-14(37-2)7-5-13/h4-10,12,20-21,23-30,32-36H,11H2,1-3H3/t12-,20-,21-,23-,24-,25-,26-,27-,28-,29-/m1/s1. The van der Waals surface area contributed by atoms with E-state index in [2.05, 4.69) is 0 Å². The predicted octanol–water partition coefficient (Wildman–Crippen LogP) is -0.492. The number of hydrogen-bond donors (Lipinski definition) is 6. The molecule has 3 aromatic rings. The van der Waals surface area contributed by atoms with Gasteiger partial charge >= 0.3 is 0 Å². The van der Waals surface area contributed by atoms with Gasteiger partial charge in [-0.1, -0.05) is 12.1 Å². The summed E-state index contributed by atoms with van der Waals surface area (Å²) in [6.45, 7) is 1.02. The fourth-order valence-electron chi connectivity index (χ4n) is 4.98. The fraction of sp³-hybridized carbons (Fsp3) is 0.483. The lowest BCUT2D eigenvalue weighted by atomic mass is 9.98. The molecule has 2 aromatic carbocycles. The van der Waals surface area contributed by atoms with E-state index in [0.29, 0.717) is 16.9 Å². The Morgan fingerprint density at radius 1 is 0.767 bits per heavy atom. The van der Waals surface area contributed by atoms with Crippen LogP contribution in [0.2, 0.25) is 0 Å². The van der Waals surface area contributed by atoms with Crippen molar-refractivity contribution in [1.82, 2.24) is 0 Å². The largest absolute Gasteiger partial charge is 0.497 e. The number of aliphatic hydroxyl groups is 6. The van der Waals surface area contributed by atoms with Crippen molar-refractivity contribution < 1.29 is 63.5 Å². The third-order valence-corrected chi connectivity index (χ3v) is 7.60. The molecule has 2 fully saturated rings. The van der Waals surface area contributed by atoms with Crippen molar-refractivity contribution in [3.05, 3.63) is 52.9 Å². The molecule has 1 aromatic heterocycles. The van der Waals surface area contributed by atoms with E-state index in [4.69, 9.17) is 32.8 Å². The van der Waals surface area contributed by atoms with Crippen molar-refractivity contribution in [3.63, 3.8) is 0 Å². The van der Waals surface area contributed by atoms with Gasteiger partial charge in [0.25, 0.3) is 0 Å². The van der Waals surface area contributed by atoms with Gasteiger partial charge in [-0.2, -0.15) is 0 Å². The van der Waals surface area contributed by atoms with Crippen LogP contribution in [0.3, 0.4) is 0 Å². The van der Waals surface area contributed by atoms with Crippen molar-refractivity contribution in [2.45, 2.75) is 68.3 Å². The summed E-state index contributed by atoms with van der Waals surface area (Å²) in [5, 5.41) is 61.9. The van der Waals surface area contributed by atoms with Gasteiger partial charge in [0, 0.05) is 6.07 Å². The van der Waals surface area contributed by atoms with Crippen molar-refractivity contribution >= 4 is 11.0 Å². The number of aliphatic hydroxyl groups excluding tert-OH is 6. The van der Waals surface area contributed by atoms with Gasteiger partial charge in [-0.15, -0.1) is 0 Å². The van der Waals surface area contributed by atoms with Gasteiger partial charge < -0.3 is 63.5 Å². The van der Waals surface area contributed by atoms with E-state index in [1.54, 1.807) is 24.3 Å². The molecule has 14 heteroatoms. The van der Waals surface area contributed by atoms with Gasteiger partial charge in [0.15, 0.2) is 17.8 Å². The molecule has 234 valence electrons. The van der Waals surface area contributed by atoms with Crippen LogP contribution in [-0.2, 0) is 14.2 Å². The summed E-state index contributed by atoms with van der Waals surface area (Å²) in [7, 11) is 2.88.